The molecule has 0 spiro atoms. The Hall–Kier alpha value is -2.37. The van der Waals surface area contributed by atoms with E-state index in [2.05, 4.69) is 14.7 Å². The summed E-state index contributed by atoms with van der Waals surface area (Å²) in [5, 5.41) is 2.41. The van der Waals surface area contributed by atoms with Gasteiger partial charge in [0.1, 0.15) is 20.9 Å². The quantitative estimate of drug-likeness (QED) is 0.680. The second kappa shape index (κ2) is 9.01. The number of pyridine rings is 1. The monoisotopic (exact) mass is 475 g/mol. The highest BCUT2D eigenvalue weighted by atomic mass is 35.5. The zero-order valence-corrected chi connectivity index (χ0v) is 18.4. The fourth-order valence-electron chi connectivity index (χ4n) is 3.26. The summed E-state index contributed by atoms with van der Waals surface area (Å²) in [4.78, 5) is 17.3. The van der Waals surface area contributed by atoms with Crippen LogP contribution in [0, 0.1) is 0 Å². The fraction of sp³-hybridized carbons (Fsp3) is 0.368. The summed E-state index contributed by atoms with van der Waals surface area (Å²) in [5.74, 6) is -0.0906. The number of halogens is 4. The van der Waals surface area contributed by atoms with Crippen LogP contribution in [0.4, 0.5) is 24.7 Å². The van der Waals surface area contributed by atoms with E-state index in [0.717, 1.165) is 12.1 Å². The summed E-state index contributed by atoms with van der Waals surface area (Å²) < 4.78 is 58.7. The molecule has 1 aromatic heterocycles. The van der Waals surface area contributed by atoms with E-state index in [1.165, 1.54) is 14.0 Å². The molecule has 0 radical (unpaired) electrons. The lowest BCUT2D eigenvalue weighted by Crippen LogP contribution is -2.48. The first-order valence-electron chi connectivity index (χ1n) is 9.31. The molecule has 12 heteroatoms. The van der Waals surface area contributed by atoms with Gasteiger partial charge in [0.25, 0.3) is 0 Å². The number of carbonyl (C=O) groups excluding carboxylic acids is 1. The van der Waals surface area contributed by atoms with Crippen LogP contribution in [0.25, 0.3) is 0 Å². The summed E-state index contributed by atoms with van der Waals surface area (Å²) in [6.07, 6.45) is -4.53. The van der Waals surface area contributed by atoms with Crippen LogP contribution in [0.2, 0.25) is 5.15 Å². The van der Waals surface area contributed by atoms with Crippen LogP contribution >= 0.6 is 11.6 Å². The number of amides is 1. The van der Waals surface area contributed by atoms with Crippen LogP contribution in [0.5, 0.6) is 0 Å². The van der Waals surface area contributed by atoms with Gasteiger partial charge in [-0.05, 0) is 36.4 Å². The second-order valence-electron chi connectivity index (χ2n) is 6.84. The molecular formula is C19H21ClF3N5O2S. The maximum atomic E-state index is 13.6. The molecule has 1 aliphatic rings. The lowest BCUT2D eigenvalue weighted by atomic mass is 10.2. The molecular weight excluding hydrogens is 455 g/mol. The largest absolute Gasteiger partial charge is 0.416 e. The summed E-state index contributed by atoms with van der Waals surface area (Å²) in [5.41, 5.74) is -0.289. The molecule has 2 heterocycles. The van der Waals surface area contributed by atoms with E-state index in [0.29, 0.717) is 36.8 Å². The van der Waals surface area contributed by atoms with Gasteiger partial charge >= 0.3 is 6.18 Å². The van der Waals surface area contributed by atoms with Crippen molar-refractivity contribution in [2.24, 2.45) is 4.36 Å². The molecule has 0 aliphatic carbocycles. The first-order chi connectivity index (χ1) is 14.5. The second-order valence-corrected chi connectivity index (χ2v) is 9.57. The molecule has 1 atom stereocenters. The van der Waals surface area contributed by atoms with Gasteiger partial charge < -0.3 is 10.2 Å². The van der Waals surface area contributed by atoms with E-state index in [-0.39, 0.29) is 16.9 Å². The van der Waals surface area contributed by atoms with Crippen molar-refractivity contribution < 1.29 is 22.2 Å². The highest BCUT2D eigenvalue weighted by Gasteiger charge is 2.33. The number of aromatic nitrogens is 1. The lowest BCUT2D eigenvalue weighted by molar-refractivity contribution is -0.137. The number of carbonyl (C=O) groups is 1. The van der Waals surface area contributed by atoms with E-state index in [4.69, 9.17) is 11.6 Å². The molecule has 1 saturated heterocycles. The Labute approximate surface area is 183 Å². The van der Waals surface area contributed by atoms with Gasteiger partial charge in [0.05, 0.1) is 10.5 Å². The third-order valence-electron chi connectivity index (χ3n) is 4.75. The van der Waals surface area contributed by atoms with Crippen LogP contribution in [0.1, 0.15) is 12.5 Å². The number of hydrogen-bond acceptors (Lipinski definition) is 5. The highest BCUT2D eigenvalue weighted by molar-refractivity contribution is 7.91. The Balaban J connectivity index is 1.77. The molecule has 31 heavy (non-hydrogen) atoms. The molecule has 2 aromatic rings. The van der Waals surface area contributed by atoms with Crippen LogP contribution in [0.3, 0.4) is 0 Å². The number of nitrogens with zero attached hydrogens (tertiary/aromatic N) is 4. The Morgan fingerprint density at radius 1 is 1.16 bits per heavy atom. The summed E-state index contributed by atoms with van der Waals surface area (Å²) in [6, 6.07) is 8.32. The minimum Gasteiger partial charge on any atom is -0.354 e. The zero-order valence-electron chi connectivity index (χ0n) is 16.8. The molecule has 1 aliphatic heterocycles. The maximum Gasteiger partial charge on any atom is 0.416 e. The fourth-order valence-corrected chi connectivity index (χ4v) is 5.36. The maximum absolute atomic E-state index is 13.6. The van der Waals surface area contributed by atoms with E-state index < -0.39 is 21.7 Å². The van der Waals surface area contributed by atoms with Crippen molar-refractivity contribution >= 4 is 38.9 Å². The van der Waals surface area contributed by atoms with Gasteiger partial charge in [0, 0.05) is 45.8 Å². The molecule has 1 unspecified atom stereocenters. The molecule has 1 aromatic carbocycles. The lowest BCUT2D eigenvalue weighted by Gasteiger charge is -2.36. The van der Waals surface area contributed by atoms with Crippen LogP contribution in [0.15, 0.2) is 45.7 Å². The summed E-state index contributed by atoms with van der Waals surface area (Å²) >= 11 is 5.79. The average molecular weight is 476 g/mol. The average Bonchev–Trinajstić information content (AvgIpc) is 2.72. The Bertz CT molecular complexity index is 1080. The number of anilines is 2. The summed E-state index contributed by atoms with van der Waals surface area (Å²) in [6.45, 7) is 2.62. The third kappa shape index (κ3) is 5.28. The van der Waals surface area contributed by atoms with Crippen LogP contribution in [-0.4, -0.2) is 52.6 Å². The standard InChI is InChI=1S/C19H21ClF3N5O2S/c1-13(29)25-15-3-5-16(6-4-15)31(30,24-2)28-9-7-27(8-10-28)18-12-14(19(21,22)23)11-17(20)26-18/h3-6,11-12H,7-10H2,1-2H3,(H,25,29). The normalized spacial score (nSPS) is 17.2. The molecule has 0 saturated carbocycles. The van der Waals surface area contributed by atoms with Gasteiger partial charge in [-0.1, -0.05) is 11.6 Å². The SMILES string of the molecule is CN=S(=O)(c1ccc(NC(C)=O)cc1)N1CCN(c2cc(C(F)(F)F)cc(Cl)n2)CC1. The molecule has 1 amide bonds. The van der Waals surface area contributed by atoms with Gasteiger partial charge in [-0.2, -0.15) is 13.2 Å². The van der Waals surface area contributed by atoms with Crippen molar-refractivity contribution in [3.63, 3.8) is 0 Å². The van der Waals surface area contributed by atoms with Crippen molar-refractivity contribution in [1.82, 2.24) is 9.29 Å². The first-order valence-corrected chi connectivity index (χ1v) is 11.2. The number of hydrogen-bond donors (Lipinski definition) is 1. The van der Waals surface area contributed by atoms with E-state index in [1.807, 2.05) is 0 Å². The van der Waals surface area contributed by atoms with Crippen molar-refractivity contribution in [3.05, 3.63) is 47.1 Å². The molecule has 0 bridgehead atoms. The number of benzene rings is 1. The van der Waals surface area contributed by atoms with Crippen molar-refractivity contribution in [1.29, 1.82) is 0 Å². The smallest absolute Gasteiger partial charge is 0.354 e. The molecule has 1 fully saturated rings. The molecule has 1 N–H and O–H groups in total. The third-order valence-corrected chi connectivity index (χ3v) is 7.39. The highest BCUT2D eigenvalue weighted by Crippen LogP contribution is 2.33. The van der Waals surface area contributed by atoms with E-state index in [1.54, 1.807) is 33.5 Å². The number of rotatable bonds is 4. The van der Waals surface area contributed by atoms with Crippen molar-refractivity contribution in [3.8, 4) is 0 Å². The minimum absolute atomic E-state index is 0.124. The van der Waals surface area contributed by atoms with Gasteiger partial charge in [0.2, 0.25) is 5.91 Å². The van der Waals surface area contributed by atoms with Crippen LogP contribution < -0.4 is 10.2 Å². The molecule has 3 rings (SSSR count). The predicted octanol–water partition coefficient (Wildman–Crippen LogP) is 3.91. The zero-order chi connectivity index (χ0) is 22.8. The first kappa shape index (κ1) is 23.3. The Kier molecular flexibility index (Phi) is 6.77. The number of alkyl halides is 3. The number of piperazine rings is 1. The van der Waals surface area contributed by atoms with Gasteiger partial charge in [-0.15, -0.1) is 0 Å². The van der Waals surface area contributed by atoms with Crippen molar-refractivity contribution in [2.45, 2.75) is 18.0 Å². The van der Waals surface area contributed by atoms with Crippen LogP contribution in [-0.2, 0) is 20.9 Å². The van der Waals surface area contributed by atoms with E-state index in [9.17, 15) is 22.2 Å². The van der Waals surface area contributed by atoms with Gasteiger partial charge in [-0.3, -0.25) is 4.79 Å². The van der Waals surface area contributed by atoms with E-state index >= 15 is 0 Å². The predicted molar refractivity (Wildman–Crippen MR) is 114 cm³/mol. The molecule has 168 valence electrons. The van der Waals surface area contributed by atoms with Gasteiger partial charge in [-0.25, -0.2) is 17.9 Å². The van der Waals surface area contributed by atoms with Gasteiger partial charge in [0.15, 0.2) is 0 Å². The minimum atomic E-state index is -4.53. The van der Waals surface area contributed by atoms with Crippen molar-refractivity contribution in [2.75, 3.05) is 43.4 Å². The Morgan fingerprint density at radius 2 is 1.77 bits per heavy atom. The topological polar surface area (TPSA) is 77.9 Å². The Morgan fingerprint density at radius 3 is 2.29 bits per heavy atom. The molecule has 7 nitrogen and oxygen atoms in total. The summed E-state index contributed by atoms with van der Waals surface area (Å²) in [7, 11) is -1.44. The number of nitrogens with one attached hydrogen (secondary N) is 1.